The minimum absolute atomic E-state index is 0.750. The monoisotopic (exact) mass is 256 g/mol. The summed E-state index contributed by atoms with van der Waals surface area (Å²) in [5, 5.41) is 8.81. The third-order valence-corrected chi connectivity index (χ3v) is 4.30. The van der Waals surface area contributed by atoms with E-state index in [1.165, 1.54) is 37.9 Å². The van der Waals surface area contributed by atoms with Crippen LogP contribution in [0.2, 0.25) is 0 Å². The first-order valence-electron chi connectivity index (χ1n) is 7.40. The standard InChI is InChI=1S/C17H24N2/c1-14(2)17-4-3-10-19(11-9-17)13-16-7-5-15(12-18)6-8-16/h5-8,14,17H,3-4,9-11,13H2,1-2H3. The fraction of sp³-hybridized carbons (Fsp3) is 0.588. The van der Waals surface area contributed by atoms with E-state index in [4.69, 9.17) is 5.26 Å². The van der Waals surface area contributed by atoms with Gasteiger partial charge in [0.25, 0.3) is 0 Å². The van der Waals surface area contributed by atoms with Gasteiger partial charge in [0.1, 0.15) is 0 Å². The van der Waals surface area contributed by atoms with E-state index < -0.39 is 0 Å². The number of nitriles is 1. The Morgan fingerprint density at radius 1 is 1.21 bits per heavy atom. The van der Waals surface area contributed by atoms with Crippen molar-refractivity contribution >= 4 is 0 Å². The van der Waals surface area contributed by atoms with Crippen molar-refractivity contribution in [3.05, 3.63) is 35.4 Å². The summed E-state index contributed by atoms with van der Waals surface area (Å²) in [4.78, 5) is 2.56. The molecular formula is C17H24N2. The Bertz CT molecular complexity index is 428. The van der Waals surface area contributed by atoms with Gasteiger partial charge in [-0.15, -0.1) is 0 Å². The van der Waals surface area contributed by atoms with Gasteiger partial charge in [0, 0.05) is 6.54 Å². The molecule has 1 unspecified atom stereocenters. The average Bonchev–Trinajstić information content (AvgIpc) is 2.65. The minimum Gasteiger partial charge on any atom is -0.299 e. The lowest BCUT2D eigenvalue weighted by molar-refractivity contribution is 0.265. The fourth-order valence-electron chi connectivity index (χ4n) is 2.95. The molecule has 0 spiro atoms. The molecule has 0 aliphatic carbocycles. The predicted octanol–water partition coefficient (Wildman–Crippen LogP) is 3.82. The lowest BCUT2D eigenvalue weighted by atomic mass is 9.89. The maximum Gasteiger partial charge on any atom is 0.0991 e. The van der Waals surface area contributed by atoms with Crippen LogP contribution in [0.4, 0.5) is 0 Å². The van der Waals surface area contributed by atoms with Crippen LogP contribution in [0.15, 0.2) is 24.3 Å². The minimum atomic E-state index is 0.750. The van der Waals surface area contributed by atoms with Gasteiger partial charge in [0.15, 0.2) is 0 Å². The summed E-state index contributed by atoms with van der Waals surface area (Å²) in [6, 6.07) is 10.2. The third-order valence-electron chi connectivity index (χ3n) is 4.30. The van der Waals surface area contributed by atoms with Gasteiger partial charge in [-0.1, -0.05) is 26.0 Å². The van der Waals surface area contributed by atoms with E-state index in [0.29, 0.717) is 0 Å². The Morgan fingerprint density at radius 3 is 2.58 bits per heavy atom. The molecule has 1 heterocycles. The SMILES string of the molecule is CC(C)C1CCCN(Cc2ccc(C#N)cc2)CC1. The van der Waals surface area contributed by atoms with E-state index in [-0.39, 0.29) is 0 Å². The normalized spacial score (nSPS) is 21.1. The van der Waals surface area contributed by atoms with E-state index >= 15 is 0 Å². The van der Waals surface area contributed by atoms with Crippen LogP contribution in [-0.2, 0) is 6.54 Å². The number of nitrogens with zero attached hydrogens (tertiary/aromatic N) is 2. The molecule has 1 aliphatic heterocycles. The van der Waals surface area contributed by atoms with Gasteiger partial charge < -0.3 is 0 Å². The zero-order valence-corrected chi connectivity index (χ0v) is 12.1. The first-order chi connectivity index (χ1) is 9.19. The Kier molecular flexibility index (Phi) is 4.99. The summed E-state index contributed by atoms with van der Waals surface area (Å²) in [6.45, 7) is 8.14. The Balaban J connectivity index is 1.90. The van der Waals surface area contributed by atoms with Crippen molar-refractivity contribution in [2.24, 2.45) is 11.8 Å². The fourth-order valence-corrected chi connectivity index (χ4v) is 2.95. The smallest absolute Gasteiger partial charge is 0.0991 e. The molecule has 1 aromatic rings. The van der Waals surface area contributed by atoms with Crippen LogP contribution < -0.4 is 0 Å². The molecule has 0 radical (unpaired) electrons. The zero-order valence-electron chi connectivity index (χ0n) is 12.1. The second-order valence-corrected chi connectivity index (χ2v) is 6.02. The van der Waals surface area contributed by atoms with Crippen LogP contribution in [0.1, 0.15) is 44.2 Å². The van der Waals surface area contributed by atoms with Crippen molar-refractivity contribution in [1.82, 2.24) is 4.90 Å². The molecule has 19 heavy (non-hydrogen) atoms. The van der Waals surface area contributed by atoms with E-state index in [2.05, 4.69) is 36.9 Å². The van der Waals surface area contributed by atoms with Crippen LogP contribution in [0.3, 0.4) is 0 Å². The molecule has 0 amide bonds. The van der Waals surface area contributed by atoms with E-state index in [1.54, 1.807) is 0 Å². The number of hydrogen-bond acceptors (Lipinski definition) is 2. The molecule has 1 aromatic carbocycles. The summed E-state index contributed by atoms with van der Waals surface area (Å²) in [6.07, 6.45) is 4.02. The van der Waals surface area contributed by atoms with E-state index in [0.717, 1.165) is 23.9 Å². The van der Waals surface area contributed by atoms with Crippen molar-refractivity contribution in [2.45, 2.75) is 39.7 Å². The van der Waals surface area contributed by atoms with Gasteiger partial charge >= 0.3 is 0 Å². The molecule has 1 fully saturated rings. The average molecular weight is 256 g/mol. The van der Waals surface area contributed by atoms with Gasteiger partial charge in [0.05, 0.1) is 11.6 Å². The summed E-state index contributed by atoms with van der Waals surface area (Å²) in [5.74, 6) is 1.71. The number of rotatable bonds is 3. The van der Waals surface area contributed by atoms with Crippen LogP contribution >= 0.6 is 0 Å². The molecule has 1 atom stereocenters. The molecule has 1 aliphatic rings. The summed E-state index contributed by atoms with van der Waals surface area (Å²) in [7, 11) is 0. The molecule has 102 valence electrons. The van der Waals surface area contributed by atoms with Gasteiger partial charge in [-0.25, -0.2) is 0 Å². The number of benzene rings is 1. The van der Waals surface area contributed by atoms with Gasteiger partial charge in [0.2, 0.25) is 0 Å². The number of likely N-dealkylation sites (tertiary alicyclic amines) is 1. The quantitative estimate of drug-likeness (QED) is 0.822. The Hall–Kier alpha value is -1.33. The summed E-state index contributed by atoms with van der Waals surface area (Å²) < 4.78 is 0. The molecule has 0 N–H and O–H groups in total. The first-order valence-corrected chi connectivity index (χ1v) is 7.40. The lowest BCUT2D eigenvalue weighted by Crippen LogP contribution is -2.24. The van der Waals surface area contributed by atoms with Crippen molar-refractivity contribution < 1.29 is 0 Å². The first kappa shape index (κ1) is 14.1. The van der Waals surface area contributed by atoms with Gasteiger partial charge in [-0.3, -0.25) is 4.90 Å². The summed E-state index contributed by atoms with van der Waals surface area (Å²) >= 11 is 0. The highest BCUT2D eigenvalue weighted by atomic mass is 15.1. The maximum atomic E-state index is 8.81. The highest BCUT2D eigenvalue weighted by molar-refractivity contribution is 5.31. The molecule has 0 bridgehead atoms. The largest absolute Gasteiger partial charge is 0.299 e. The highest BCUT2D eigenvalue weighted by Crippen LogP contribution is 2.25. The number of hydrogen-bond donors (Lipinski definition) is 0. The van der Waals surface area contributed by atoms with Crippen LogP contribution in [0, 0.1) is 23.2 Å². The molecule has 0 saturated carbocycles. The maximum absolute atomic E-state index is 8.81. The van der Waals surface area contributed by atoms with Crippen molar-refractivity contribution in [2.75, 3.05) is 13.1 Å². The van der Waals surface area contributed by atoms with Crippen LogP contribution in [0.25, 0.3) is 0 Å². The molecule has 2 rings (SSSR count). The van der Waals surface area contributed by atoms with Crippen molar-refractivity contribution in [1.29, 1.82) is 5.26 Å². The van der Waals surface area contributed by atoms with Crippen molar-refractivity contribution in [3.8, 4) is 6.07 Å². The second-order valence-electron chi connectivity index (χ2n) is 6.02. The highest BCUT2D eigenvalue weighted by Gasteiger charge is 2.19. The van der Waals surface area contributed by atoms with Crippen LogP contribution in [-0.4, -0.2) is 18.0 Å². The summed E-state index contributed by atoms with van der Waals surface area (Å²) in [5.41, 5.74) is 2.07. The lowest BCUT2D eigenvalue weighted by Gasteiger charge is -2.21. The second kappa shape index (κ2) is 6.73. The predicted molar refractivity (Wildman–Crippen MR) is 78.6 cm³/mol. The molecular weight excluding hydrogens is 232 g/mol. The van der Waals surface area contributed by atoms with Gasteiger partial charge in [-0.05, 0) is 61.9 Å². The van der Waals surface area contributed by atoms with E-state index in [1.807, 2.05) is 12.1 Å². The zero-order chi connectivity index (χ0) is 13.7. The van der Waals surface area contributed by atoms with Crippen molar-refractivity contribution in [3.63, 3.8) is 0 Å². The van der Waals surface area contributed by atoms with Crippen LogP contribution in [0.5, 0.6) is 0 Å². The topological polar surface area (TPSA) is 27.0 Å². The molecule has 2 nitrogen and oxygen atoms in total. The van der Waals surface area contributed by atoms with Gasteiger partial charge in [-0.2, -0.15) is 5.26 Å². The molecule has 1 saturated heterocycles. The third kappa shape index (κ3) is 4.08. The Labute approximate surface area is 117 Å². The Morgan fingerprint density at radius 2 is 1.95 bits per heavy atom. The van der Waals surface area contributed by atoms with E-state index in [9.17, 15) is 0 Å². The molecule has 2 heteroatoms. The molecule has 0 aromatic heterocycles.